The maximum absolute atomic E-state index is 13.4. The highest BCUT2D eigenvalue weighted by Crippen LogP contribution is 2.44. The number of ether oxygens (including phenoxy) is 2. The molecule has 0 radical (unpaired) electrons. The average Bonchev–Trinajstić information content (AvgIpc) is 3.64. The van der Waals surface area contributed by atoms with E-state index in [-0.39, 0.29) is 36.9 Å². The third kappa shape index (κ3) is 5.74. The van der Waals surface area contributed by atoms with Crippen molar-refractivity contribution in [3.63, 3.8) is 0 Å². The van der Waals surface area contributed by atoms with E-state index in [1.54, 1.807) is 24.3 Å². The third-order valence-electron chi connectivity index (χ3n) is 9.04. The minimum absolute atomic E-state index is 0.111. The highest BCUT2D eigenvalue weighted by molar-refractivity contribution is 7.89. The number of sulfonamides is 1. The standard InChI is InChI=1S/C36H36N2O6S/c1-22-13-15-26(16-14-22)45(41,42)38-19-31-23(2)17-25(24(3)32(31)20-38)18-34(35(39)43-4)37-36(40)44-21-33-29-11-7-5-9-27(29)28-10-6-8-12-30(28)33/h5-17,33-34H,18-21H2,1-4H3,(H,37,40)/t34-/m1/s1. The van der Waals surface area contributed by atoms with Crippen LogP contribution in [0.15, 0.2) is 83.8 Å². The average molecular weight is 625 g/mol. The van der Waals surface area contributed by atoms with Gasteiger partial charge < -0.3 is 14.8 Å². The molecule has 4 aromatic rings. The van der Waals surface area contributed by atoms with E-state index in [4.69, 9.17) is 9.47 Å². The van der Waals surface area contributed by atoms with Gasteiger partial charge in [-0.15, -0.1) is 0 Å². The molecule has 9 heteroatoms. The van der Waals surface area contributed by atoms with Gasteiger partial charge >= 0.3 is 12.1 Å². The summed E-state index contributed by atoms with van der Waals surface area (Å²) >= 11 is 0. The van der Waals surface area contributed by atoms with Crippen molar-refractivity contribution in [3.8, 4) is 11.1 Å². The summed E-state index contributed by atoms with van der Waals surface area (Å²) in [4.78, 5) is 26.2. The normalized spacial score (nSPS) is 14.8. The third-order valence-corrected chi connectivity index (χ3v) is 10.8. The minimum Gasteiger partial charge on any atom is -0.467 e. The number of rotatable bonds is 8. The Kier molecular flexibility index (Phi) is 8.24. The van der Waals surface area contributed by atoms with Crippen LogP contribution in [0.4, 0.5) is 4.79 Å². The van der Waals surface area contributed by atoms with Crippen molar-refractivity contribution < 1.29 is 27.5 Å². The van der Waals surface area contributed by atoms with Crippen LogP contribution in [0.1, 0.15) is 50.4 Å². The zero-order valence-corrected chi connectivity index (χ0v) is 26.6. The first kappa shape index (κ1) is 30.6. The summed E-state index contributed by atoms with van der Waals surface area (Å²) in [5.74, 6) is -0.704. The summed E-state index contributed by atoms with van der Waals surface area (Å²) in [6, 6.07) is 24.0. The summed E-state index contributed by atoms with van der Waals surface area (Å²) < 4.78 is 39.1. The number of benzene rings is 4. The van der Waals surface area contributed by atoms with Crippen molar-refractivity contribution in [1.82, 2.24) is 9.62 Å². The first-order valence-electron chi connectivity index (χ1n) is 15.0. The van der Waals surface area contributed by atoms with E-state index in [0.717, 1.165) is 55.6 Å². The Morgan fingerprint density at radius 2 is 1.49 bits per heavy atom. The van der Waals surface area contributed by atoms with Crippen LogP contribution >= 0.6 is 0 Å². The number of esters is 1. The van der Waals surface area contributed by atoms with Gasteiger partial charge in [0.25, 0.3) is 0 Å². The van der Waals surface area contributed by atoms with Crippen LogP contribution in [0.25, 0.3) is 11.1 Å². The lowest BCUT2D eigenvalue weighted by atomic mass is 9.91. The molecule has 1 heterocycles. The van der Waals surface area contributed by atoms with Gasteiger partial charge in [-0.2, -0.15) is 4.31 Å². The van der Waals surface area contributed by atoms with Crippen molar-refractivity contribution in [2.24, 2.45) is 0 Å². The van der Waals surface area contributed by atoms with Crippen molar-refractivity contribution in [2.45, 2.75) is 57.1 Å². The summed E-state index contributed by atoms with van der Waals surface area (Å²) in [7, 11) is -2.41. The molecule has 1 aliphatic heterocycles. The second-order valence-electron chi connectivity index (χ2n) is 11.8. The minimum atomic E-state index is -3.69. The Balaban J connectivity index is 1.17. The molecular formula is C36H36N2O6S. The van der Waals surface area contributed by atoms with Crippen LogP contribution < -0.4 is 5.32 Å². The van der Waals surface area contributed by atoms with Crippen molar-refractivity contribution in [3.05, 3.63) is 123 Å². The number of fused-ring (bicyclic) bond motifs is 4. The maximum atomic E-state index is 13.4. The number of amides is 1. The number of carbonyl (C=O) groups excluding carboxylic acids is 2. The number of nitrogens with zero attached hydrogens (tertiary/aromatic N) is 1. The van der Waals surface area contributed by atoms with E-state index >= 15 is 0 Å². The van der Waals surface area contributed by atoms with E-state index in [2.05, 4.69) is 17.4 Å². The number of carbonyl (C=O) groups is 2. The molecular weight excluding hydrogens is 588 g/mol. The largest absolute Gasteiger partial charge is 0.467 e. The Morgan fingerprint density at radius 3 is 2.11 bits per heavy atom. The van der Waals surface area contributed by atoms with E-state index in [1.807, 2.05) is 63.2 Å². The number of hydrogen-bond acceptors (Lipinski definition) is 6. The van der Waals surface area contributed by atoms with Gasteiger partial charge in [-0.05, 0) is 83.0 Å². The molecule has 0 fully saturated rings. The van der Waals surface area contributed by atoms with Crippen LogP contribution in [-0.2, 0) is 43.8 Å². The van der Waals surface area contributed by atoms with Gasteiger partial charge in [0.1, 0.15) is 12.6 Å². The lowest BCUT2D eigenvalue weighted by Gasteiger charge is -2.20. The van der Waals surface area contributed by atoms with Crippen molar-refractivity contribution in [1.29, 1.82) is 0 Å². The summed E-state index contributed by atoms with van der Waals surface area (Å²) in [6.07, 6.45) is -0.542. The molecule has 232 valence electrons. The van der Waals surface area contributed by atoms with Crippen LogP contribution in [0.5, 0.6) is 0 Å². The SMILES string of the molecule is COC(=O)[C@@H](Cc1cc(C)c2c(c1C)CN(S(=O)(=O)c1ccc(C)cc1)C2)NC(=O)OCC1c2ccccc2-c2ccccc21. The monoisotopic (exact) mass is 624 g/mol. The molecule has 1 N–H and O–H groups in total. The molecule has 0 saturated carbocycles. The van der Waals surface area contributed by atoms with Gasteiger partial charge in [-0.3, -0.25) is 0 Å². The molecule has 0 saturated heterocycles. The van der Waals surface area contributed by atoms with Gasteiger partial charge in [0, 0.05) is 25.4 Å². The molecule has 1 atom stereocenters. The molecule has 0 spiro atoms. The molecule has 1 aliphatic carbocycles. The predicted molar refractivity (Wildman–Crippen MR) is 171 cm³/mol. The number of hydrogen-bond donors (Lipinski definition) is 1. The summed E-state index contributed by atoms with van der Waals surface area (Å²) in [5.41, 5.74) is 9.97. The fourth-order valence-electron chi connectivity index (χ4n) is 6.54. The molecule has 0 unspecified atom stereocenters. The molecule has 0 aromatic heterocycles. The number of nitrogens with one attached hydrogen (secondary N) is 1. The van der Waals surface area contributed by atoms with Gasteiger partial charge in [0.15, 0.2) is 0 Å². The van der Waals surface area contributed by atoms with E-state index in [0.29, 0.717) is 0 Å². The van der Waals surface area contributed by atoms with E-state index in [1.165, 1.54) is 11.4 Å². The number of methoxy groups -OCH3 is 1. The second kappa shape index (κ2) is 12.1. The topological polar surface area (TPSA) is 102 Å². The highest BCUT2D eigenvalue weighted by atomic mass is 32.2. The second-order valence-corrected chi connectivity index (χ2v) is 13.7. The van der Waals surface area contributed by atoms with Crippen LogP contribution in [-0.4, -0.2) is 44.5 Å². The van der Waals surface area contributed by atoms with E-state index < -0.39 is 28.1 Å². The molecule has 2 aliphatic rings. The number of alkyl carbamates (subject to hydrolysis) is 1. The van der Waals surface area contributed by atoms with Crippen molar-refractivity contribution in [2.75, 3.05) is 13.7 Å². The Hall–Kier alpha value is -4.47. The lowest BCUT2D eigenvalue weighted by Crippen LogP contribution is -2.43. The van der Waals surface area contributed by atoms with Gasteiger partial charge in [-0.25, -0.2) is 18.0 Å². The zero-order valence-electron chi connectivity index (χ0n) is 25.8. The van der Waals surface area contributed by atoms with Crippen molar-refractivity contribution >= 4 is 22.1 Å². The van der Waals surface area contributed by atoms with E-state index in [9.17, 15) is 18.0 Å². The van der Waals surface area contributed by atoms with Crippen LogP contribution in [0.2, 0.25) is 0 Å². The quantitative estimate of drug-likeness (QED) is 0.244. The van der Waals surface area contributed by atoms with Crippen LogP contribution in [0, 0.1) is 20.8 Å². The molecule has 0 bridgehead atoms. The lowest BCUT2D eigenvalue weighted by molar-refractivity contribution is -0.143. The predicted octanol–water partition coefficient (Wildman–Crippen LogP) is 5.94. The first-order valence-corrected chi connectivity index (χ1v) is 16.4. The van der Waals surface area contributed by atoms with Crippen LogP contribution in [0.3, 0.4) is 0 Å². The summed E-state index contributed by atoms with van der Waals surface area (Å²) in [6.45, 7) is 6.41. The summed E-state index contributed by atoms with van der Waals surface area (Å²) in [5, 5.41) is 2.72. The Bertz CT molecular complexity index is 1860. The van der Waals surface area contributed by atoms with Gasteiger partial charge in [0.05, 0.1) is 12.0 Å². The Morgan fingerprint density at radius 1 is 0.889 bits per heavy atom. The number of aryl methyl sites for hydroxylation is 2. The fourth-order valence-corrected chi connectivity index (χ4v) is 7.91. The smallest absolute Gasteiger partial charge is 0.407 e. The van der Waals surface area contributed by atoms with Gasteiger partial charge in [-0.1, -0.05) is 72.3 Å². The highest BCUT2D eigenvalue weighted by Gasteiger charge is 2.34. The fraction of sp³-hybridized carbons (Fsp3) is 0.278. The Labute approximate surface area is 264 Å². The maximum Gasteiger partial charge on any atom is 0.407 e. The molecule has 45 heavy (non-hydrogen) atoms. The molecule has 4 aromatic carbocycles. The molecule has 8 nitrogen and oxygen atoms in total. The first-order chi connectivity index (χ1) is 21.6. The van der Waals surface area contributed by atoms with Gasteiger partial charge in [0.2, 0.25) is 10.0 Å². The molecule has 1 amide bonds. The molecule has 6 rings (SSSR count). The zero-order chi connectivity index (χ0) is 31.9.